The Kier molecular flexibility index (Phi) is 5.03. The van der Waals surface area contributed by atoms with Gasteiger partial charge >= 0.3 is 0 Å². The predicted molar refractivity (Wildman–Crippen MR) is 110 cm³/mol. The highest BCUT2D eigenvalue weighted by atomic mass is 79.9. The normalized spacial score (nSPS) is 10.8. The van der Waals surface area contributed by atoms with Gasteiger partial charge in [-0.05, 0) is 55.0 Å². The number of hydrogen-bond acceptors (Lipinski definition) is 4. The van der Waals surface area contributed by atoms with Gasteiger partial charge in [0.1, 0.15) is 6.33 Å². The molecule has 8 heteroatoms. The molecule has 0 atom stereocenters. The van der Waals surface area contributed by atoms with Gasteiger partial charge in [0.15, 0.2) is 0 Å². The van der Waals surface area contributed by atoms with Crippen LogP contribution in [0.3, 0.4) is 0 Å². The van der Waals surface area contributed by atoms with Crippen LogP contribution in [0.1, 0.15) is 21.6 Å². The summed E-state index contributed by atoms with van der Waals surface area (Å²) in [5.41, 5.74) is 3.54. The molecule has 2 heterocycles. The van der Waals surface area contributed by atoms with Gasteiger partial charge in [0.25, 0.3) is 5.91 Å². The van der Waals surface area contributed by atoms with E-state index in [0.717, 1.165) is 21.4 Å². The van der Waals surface area contributed by atoms with Crippen molar-refractivity contribution < 1.29 is 4.79 Å². The maximum Gasteiger partial charge on any atom is 0.258 e. The summed E-state index contributed by atoms with van der Waals surface area (Å²) in [6.45, 7) is 2.55. The maximum atomic E-state index is 12.5. The molecule has 0 aliphatic rings. The molecule has 0 saturated heterocycles. The van der Waals surface area contributed by atoms with Crippen molar-refractivity contribution >= 4 is 27.8 Å². The van der Waals surface area contributed by atoms with E-state index in [0.29, 0.717) is 12.1 Å². The predicted octanol–water partition coefficient (Wildman–Crippen LogP) is 3.84. The first-order chi connectivity index (χ1) is 13.6. The summed E-state index contributed by atoms with van der Waals surface area (Å²) in [7, 11) is 0. The smallest absolute Gasteiger partial charge is 0.258 e. The summed E-state index contributed by atoms with van der Waals surface area (Å²) >= 11 is 3.42. The molecule has 0 bridgehead atoms. The van der Waals surface area contributed by atoms with Gasteiger partial charge in [0, 0.05) is 21.9 Å². The zero-order valence-corrected chi connectivity index (χ0v) is 16.7. The van der Waals surface area contributed by atoms with Crippen LogP contribution >= 0.6 is 15.9 Å². The first kappa shape index (κ1) is 18.1. The molecule has 4 aromatic rings. The second-order valence-corrected chi connectivity index (χ2v) is 7.19. The van der Waals surface area contributed by atoms with E-state index in [9.17, 15) is 4.79 Å². The standard InChI is InChI=1S/C20H17BrN6O/c1-14-10-11-23-27(14)18-8-4-16(5-9-18)19(28)24-20-22-13-26(25-20)12-15-2-6-17(21)7-3-15/h2-11,13H,12H2,1H3,(H,24,25,28). The summed E-state index contributed by atoms with van der Waals surface area (Å²) < 4.78 is 4.52. The highest BCUT2D eigenvalue weighted by Gasteiger charge is 2.10. The Bertz CT molecular complexity index is 1100. The van der Waals surface area contributed by atoms with Crippen molar-refractivity contribution in [2.75, 3.05) is 5.32 Å². The van der Waals surface area contributed by atoms with Gasteiger partial charge < -0.3 is 0 Å². The van der Waals surface area contributed by atoms with Crippen molar-refractivity contribution in [2.24, 2.45) is 0 Å². The van der Waals surface area contributed by atoms with Crippen molar-refractivity contribution in [1.82, 2.24) is 24.5 Å². The molecule has 7 nitrogen and oxygen atoms in total. The third-order valence-corrected chi connectivity index (χ3v) is 4.75. The van der Waals surface area contributed by atoms with E-state index in [2.05, 4.69) is 36.4 Å². The van der Waals surface area contributed by atoms with Gasteiger partial charge in [-0.25, -0.2) is 14.3 Å². The van der Waals surface area contributed by atoms with Gasteiger partial charge in [0.2, 0.25) is 5.95 Å². The Balaban J connectivity index is 1.42. The second-order valence-electron chi connectivity index (χ2n) is 6.28. The Hall–Kier alpha value is -3.26. The summed E-state index contributed by atoms with van der Waals surface area (Å²) in [6, 6.07) is 17.1. The van der Waals surface area contributed by atoms with E-state index in [1.54, 1.807) is 29.3 Å². The number of rotatable bonds is 5. The van der Waals surface area contributed by atoms with E-state index < -0.39 is 0 Å². The van der Waals surface area contributed by atoms with Crippen LogP contribution in [0.5, 0.6) is 0 Å². The molecular weight excluding hydrogens is 420 g/mol. The number of halogens is 1. The van der Waals surface area contributed by atoms with E-state index in [1.807, 2.05) is 54.1 Å². The van der Waals surface area contributed by atoms with Crippen molar-refractivity contribution in [1.29, 1.82) is 0 Å². The van der Waals surface area contributed by atoms with E-state index in [4.69, 9.17) is 0 Å². The number of anilines is 1. The fourth-order valence-corrected chi connectivity index (χ4v) is 3.04. The fraction of sp³-hybridized carbons (Fsp3) is 0.100. The Labute approximate surface area is 170 Å². The van der Waals surface area contributed by atoms with Crippen molar-refractivity contribution in [3.63, 3.8) is 0 Å². The van der Waals surface area contributed by atoms with Crippen LogP contribution in [0.2, 0.25) is 0 Å². The molecule has 140 valence electrons. The van der Waals surface area contributed by atoms with Crippen LogP contribution in [0.4, 0.5) is 5.95 Å². The molecule has 2 aromatic heterocycles. The molecule has 1 N–H and O–H groups in total. The van der Waals surface area contributed by atoms with Crippen LogP contribution in [-0.2, 0) is 6.54 Å². The average molecular weight is 437 g/mol. The zero-order chi connectivity index (χ0) is 19.5. The maximum absolute atomic E-state index is 12.5. The molecule has 2 aromatic carbocycles. The van der Waals surface area contributed by atoms with Crippen molar-refractivity contribution in [2.45, 2.75) is 13.5 Å². The molecule has 0 aliphatic carbocycles. The van der Waals surface area contributed by atoms with E-state index in [-0.39, 0.29) is 11.9 Å². The molecular formula is C20H17BrN6O. The minimum atomic E-state index is -0.259. The van der Waals surface area contributed by atoms with Crippen LogP contribution in [0.15, 0.2) is 71.6 Å². The molecule has 28 heavy (non-hydrogen) atoms. The number of hydrogen-bond donors (Lipinski definition) is 1. The molecule has 0 aliphatic heterocycles. The Morgan fingerprint density at radius 3 is 2.50 bits per heavy atom. The SMILES string of the molecule is Cc1ccnn1-c1ccc(C(=O)Nc2ncn(Cc3ccc(Br)cc3)n2)cc1. The van der Waals surface area contributed by atoms with Crippen molar-refractivity contribution in [3.8, 4) is 5.69 Å². The molecule has 0 radical (unpaired) electrons. The Morgan fingerprint density at radius 2 is 1.82 bits per heavy atom. The minimum absolute atomic E-state index is 0.259. The zero-order valence-electron chi connectivity index (χ0n) is 15.1. The highest BCUT2D eigenvalue weighted by molar-refractivity contribution is 9.10. The lowest BCUT2D eigenvalue weighted by Crippen LogP contribution is -2.13. The van der Waals surface area contributed by atoms with Gasteiger partial charge in [-0.1, -0.05) is 28.1 Å². The number of aromatic nitrogens is 5. The number of aryl methyl sites for hydroxylation is 1. The van der Waals surface area contributed by atoms with Crippen LogP contribution in [0, 0.1) is 6.92 Å². The number of amides is 1. The Morgan fingerprint density at radius 1 is 1.07 bits per heavy atom. The lowest BCUT2D eigenvalue weighted by molar-refractivity contribution is 0.102. The number of carbonyl (C=O) groups excluding carboxylic acids is 1. The summed E-state index contributed by atoms with van der Waals surface area (Å²) in [5.74, 6) is 0.0132. The van der Waals surface area contributed by atoms with Gasteiger partial charge in [-0.2, -0.15) is 5.10 Å². The second kappa shape index (κ2) is 7.77. The monoisotopic (exact) mass is 436 g/mol. The number of nitrogens with zero attached hydrogens (tertiary/aromatic N) is 5. The average Bonchev–Trinajstić information content (AvgIpc) is 3.32. The highest BCUT2D eigenvalue weighted by Crippen LogP contribution is 2.13. The van der Waals surface area contributed by atoms with Crippen LogP contribution in [-0.4, -0.2) is 30.5 Å². The van der Waals surface area contributed by atoms with Gasteiger partial charge in [0.05, 0.1) is 12.2 Å². The molecule has 0 saturated carbocycles. The quantitative estimate of drug-likeness (QED) is 0.515. The van der Waals surface area contributed by atoms with Crippen molar-refractivity contribution in [3.05, 3.63) is 88.4 Å². The number of nitrogens with one attached hydrogen (secondary N) is 1. The first-order valence-electron chi connectivity index (χ1n) is 8.65. The first-order valence-corrected chi connectivity index (χ1v) is 9.44. The number of benzene rings is 2. The molecule has 0 unspecified atom stereocenters. The lowest BCUT2D eigenvalue weighted by atomic mass is 10.2. The van der Waals surface area contributed by atoms with E-state index in [1.165, 1.54) is 0 Å². The molecule has 0 spiro atoms. The van der Waals surface area contributed by atoms with Crippen LogP contribution < -0.4 is 5.32 Å². The lowest BCUT2D eigenvalue weighted by Gasteiger charge is -2.06. The number of carbonyl (C=O) groups is 1. The van der Waals surface area contributed by atoms with Gasteiger partial charge in [-0.3, -0.25) is 10.1 Å². The molecule has 0 fully saturated rings. The summed E-state index contributed by atoms with van der Waals surface area (Å²) in [6.07, 6.45) is 3.34. The van der Waals surface area contributed by atoms with Gasteiger partial charge in [-0.15, -0.1) is 5.10 Å². The fourth-order valence-electron chi connectivity index (χ4n) is 2.77. The topological polar surface area (TPSA) is 77.6 Å². The summed E-state index contributed by atoms with van der Waals surface area (Å²) in [5, 5.41) is 11.3. The third-order valence-electron chi connectivity index (χ3n) is 4.23. The van der Waals surface area contributed by atoms with E-state index >= 15 is 0 Å². The largest absolute Gasteiger partial charge is 0.289 e. The molecule has 1 amide bonds. The summed E-state index contributed by atoms with van der Waals surface area (Å²) in [4.78, 5) is 16.6. The van der Waals surface area contributed by atoms with Crippen LogP contribution in [0.25, 0.3) is 5.69 Å². The third kappa shape index (κ3) is 4.01. The minimum Gasteiger partial charge on any atom is -0.289 e. The molecule has 4 rings (SSSR count).